The Labute approximate surface area is 127 Å². The van der Waals surface area contributed by atoms with Gasteiger partial charge in [-0.1, -0.05) is 36.0 Å². The molecule has 0 bridgehead atoms. The lowest BCUT2D eigenvalue weighted by molar-refractivity contribution is 0.102. The van der Waals surface area contributed by atoms with Gasteiger partial charge in [-0.15, -0.1) is 0 Å². The van der Waals surface area contributed by atoms with Crippen LogP contribution in [0, 0.1) is 0 Å². The number of amides is 1. The largest absolute Gasteiger partial charge is 0.393 e. The molecule has 2 rings (SSSR count). The van der Waals surface area contributed by atoms with E-state index in [4.69, 9.17) is 29.6 Å². The first-order valence-electron chi connectivity index (χ1n) is 5.85. The minimum Gasteiger partial charge on any atom is -0.393 e. The Morgan fingerprint density at radius 3 is 2.50 bits per heavy atom. The lowest BCUT2D eigenvalue weighted by atomic mass is 10.1. The van der Waals surface area contributed by atoms with Gasteiger partial charge in [0.15, 0.2) is 0 Å². The van der Waals surface area contributed by atoms with Crippen molar-refractivity contribution in [2.75, 3.05) is 5.32 Å². The van der Waals surface area contributed by atoms with Crippen LogP contribution in [-0.2, 0) is 6.42 Å². The second-order valence-electron chi connectivity index (χ2n) is 4.16. The molecule has 3 N–H and O–H groups in total. The SMILES string of the molecule is NC(=S)Cc1ccc(NC(=O)c2ccc(Cl)cn2)cc1. The molecular weight excluding hydrogens is 294 g/mol. The van der Waals surface area contributed by atoms with E-state index in [0.29, 0.717) is 27.8 Å². The molecular formula is C14H12ClN3OS. The van der Waals surface area contributed by atoms with Crippen LogP contribution in [0.15, 0.2) is 42.6 Å². The molecule has 0 saturated heterocycles. The van der Waals surface area contributed by atoms with Gasteiger partial charge in [0, 0.05) is 18.3 Å². The molecule has 0 fully saturated rings. The van der Waals surface area contributed by atoms with Gasteiger partial charge in [-0.2, -0.15) is 0 Å². The molecule has 1 heterocycles. The van der Waals surface area contributed by atoms with Crippen molar-refractivity contribution < 1.29 is 4.79 Å². The quantitative estimate of drug-likeness (QED) is 0.852. The highest BCUT2D eigenvalue weighted by Crippen LogP contribution is 2.12. The highest BCUT2D eigenvalue weighted by Gasteiger charge is 2.07. The average molecular weight is 306 g/mol. The van der Waals surface area contributed by atoms with E-state index in [2.05, 4.69) is 10.3 Å². The predicted molar refractivity (Wildman–Crippen MR) is 84.1 cm³/mol. The van der Waals surface area contributed by atoms with E-state index in [1.54, 1.807) is 24.3 Å². The zero-order valence-corrected chi connectivity index (χ0v) is 12.0. The highest BCUT2D eigenvalue weighted by molar-refractivity contribution is 7.80. The summed E-state index contributed by atoms with van der Waals surface area (Å²) in [4.78, 5) is 16.3. The van der Waals surface area contributed by atoms with Crippen LogP contribution in [0.5, 0.6) is 0 Å². The van der Waals surface area contributed by atoms with Gasteiger partial charge in [-0.3, -0.25) is 4.79 Å². The molecule has 20 heavy (non-hydrogen) atoms. The van der Waals surface area contributed by atoms with E-state index >= 15 is 0 Å². The van der Waals surface area contributed by atoms with Crippen molar-refractivity contribution in [3.05, 3.63) is 58.9 Å². The molecule has 0 saturated carbocycles. The number of carbonyl (C=O) groups is 1. The number of carbonyl (C=O) groups excluding carboxylic acids is 1. The number of hydrogen-bond acceptors (Lipinski definition) is 3. The third-order valence-corrected chi connectivity index (χ3v) is 2.92. The van der Waals surface area contributed by atoms with Gasteiger partial charge < -0.3 is 11.1 Å². The molecule has 0 aliphatic carbocycles. The van der Waals surface area contributed by atoms with Gasteiger partial charge in [-0.05, 0) is 29.8 Å². The van der Waals surface area contributed by atoms with Crippen LogP contribution in [-0.4, -0.2) is 15.9 Å². The number of halogens is 1. The van der Waals surface area contributed by atoms with Gasteiger partial charge in [0.1, 0.15) is 5.69 Å². The zero-order valence-electron chi connectivity index (χ0n) is 10.5. The predicted octanol–water partition coefficient (Wildman–Crippen LogP) is 2.82. The molecule has 102 valence electrons. The van der Waals surface area contributed by atoms with Gasteiger partial charge in [0.05, 0.1) is 10.0 Å². The molecule has 0 radical (unpaired) electrons. The monoisotopic (exact) mass is 305 g/mol. The van der Waals surface area contributed by atoms with Gasteiger partial charge in [0.2, 0.25) is 0 Å². The standard InChI is InChI=1S/C14H12ClN3OS/c15-10-3-6-12(17-8-10)14(19)18-11-4-1-9(2-5-11)7-13(16)20/h1-6,8H,7H2,(H2,16,20)(H,18,19). The summed E-state index contributed by atoms with van der Waals surface area (Å²) in [5.41, 5.74) is 7.46. The lowest BCUT2D eigenvalue weighted by Crippen LogP contribution is -2.14. The fourth-order valence-corrected chi connectivity index (χ4v) is 1.89. The summed E-state index contributed by atoms with van der Waals surface area (Å²) in [6.07, 6.45) is 1.98. The van der Waals surface area contributed by atoms with E-state index in [1.807, 2.05) is 12.1 Å². The maximum absolute atomic E-state index is 11.9. The summed E-state index contributed by atoms with van der Waals surface area (Å²) in [5, 5.41) is 3.24. The zero-order chi connectivity index (χ0) is 14.5. The summed E-state index contributed by atoms with van der Waals surface area (Å²) >= 11 is 10.6. The number of nitrogens with zero attached hydrogens (tertiary/aromatic N) is 1. The second kappa shape index (κ2) is 6.45. The number of thiocarbonyl (C=S) groups is 1. The van der Waals surface area contributed by atoms with Gasteiger partial charge >= 0.3 is 0 Å². The summed E-state index contributed by atoms with van der Waals surface area (Å²) in [7, 11) is 0. The molecule has 1 amide bonds. The fraction of sp³-hybridized carbons (Fsp3) is 0.0714. The van der Waals surface area contributed by atoms with Crippen molar-refractivity contribution in [3.8, 4) is 0 Å². The Kier molecular flexibility index (Phi) is 4.65. The normalized spacial score (nSPS) is 10.1. The number of aromatic nitrogens is 1. The molecule has 0 atom stereocenters. The Balaban J connectivity index is 2.04. The van der Waals surface area contributed by atoms with Crippen molar-refractivity contribution in [1.82, 2.24) is 4.98 Å². The summed E-state index contributed by atoms with van der Waals surface area (Å²) in [6.45, 7) is 0. The Hall–Kier alpha value is -1.98. The van der Waals surface area contributed by atoms with Crippen LogP contribution < -0.4 is 11.1 Å². The highest BCUT2D eigenvalue weighted by atomic mass is 35.5. The second-order valence-corrected chi connectivity index (χ2v) is 5.12. The fourth-order valence-electron chi connectivity index (χ4n) is 1.61. The topological polar surface area (TPSA) is 68.0 Å². The number of benzene rings is 1. The van der Waals surface area contributed by atoms with E-state index in [-0.39, 0.29) is 5.91 Å². The first-order valence-corrected chi connectivity index (χ1v) is 6.63. The number of nitrogens with one attached hydrogen (secondary N) is 1. The molecule has 0 aliphatic heterocycles. The van der Waals surface area contributed by atoms with E-state index in [9.17, 15) is 4.79 Å². The van der Waals surface area contributed by atoms with Crippen molar-refractivity contribution in [3.63, 3.8) is 0 Å². The van der Waals surface area contributed by atoms with Crippen LogP contribution in [0.1, 0.15) is 16.1 Å². The van der Waals surface area contributed by atoms with E-state index in [1.165, 1.54) is 6.20 Å². The number of hydrogen-bond donors (Lipinski definition) is 2. The Morgan fingerprint density at radius 2 is 1.95 bits per heavy atom. The summed E-state index contributed by atoms with van der Waals surface area (Å²) in [6, 6.07) is 10.5. The Bertz CT molecular complexity index is 626. The minimum atomic E-state index is -0.288. The number of rotatable bonds is 4. The van der Waals surface area contributed by atoms with Crippen molar-refractivity contribution in [2.45, 2.75) is 6.42 Å². The third-order valence-electron chi connectivity index (χ3n) is 2.55. The average Bonchev–Trinajstić information content (AvgIpc) is 2.41. The van der Waals surface area contributed by atoms with Crippen molar-refractivity contribution in [1.29, 1.82) is 0 Å². The molecule has 2 aromatic rings. The molecule has 6 heteroatoms. The summed E-state index contributed by atoms with van der Waals surface area (Å²) < 4.78 is 0. The minimum absolute atomic E-state index is 0.288. The van der Waals surface area contributed by atoms with Crippen LogP contribution in [0.3, 0.4) is 0 Å². The van der Waals surface area contributed by atoms with Crippen LogP contribution in [0.2, 0.25) is 5.02 Å². The number of pyridine rings is 1. The first-order chi connectivity index (χ1) is 9.54. The lowest BCUT2D eigenvalue weighted by Gasteiger charge is -2.06. The number of anilines is 1. The molecule has 4 nitrogen and oxygen atoms in total. The molecule has 0 spiro atoms. The summed E-state index contributed by atoms with van der Waals surface area (Å²) in [5.74, 6) is -0.288. The molecule has 1 aromatic heterocycles. The smallest absolute Gasteiger partial charge is 0.274 e. The van der Waals surface area contributed by atoms with Crippen LogP contribution in [0.25, 0.3) is 0 Å². The molecule has 0 aliphatic rings. The van der Waals surface area contributed by atoms with E-state index < -0.39 is 0 Å². The first kappa shape index (κ1) is 14.4. The van der Waals surface area contributed by atoms with Crippen molar-refractivity contribution >= 4 is 40.4 Å². The maximum Gasteiger partial charge on any atom is 0.274 e. The molecule has 1 aromatic carbocycles. The van der Waals surface area contributed by atoms with E-state index in [0.717, 1.165) is 5.56 Å². The molecule has 0 unspecified atom stereocenters. The third kappa shape index (κ3) is 4.01. The van der Waals surface area contributed by atoms with Gasteiger partial charge in [0.25, 0.3) is 5.91 Å². The van der Waals surface area contributed by atoms with Crippen molar-refractivity contribution in [2.24, 2.45) is 5.73 Å². The maximum atomic E-state index is 11.9. The van der Waals surface area contributed by atoms with Gasteiger partial charge in [-0.25, -0.2) is 4.98 Å². The Morgan fingerprint density at radius 1 is 1.25 bits per heavy atom. The van der Waals surface area contributed by atoms with Crippen LogP contribution >= 0.6 is 23.8 Å². The van der Waals surface area contributed by atoms with Crippen LogP contribution in [0.4, 0.5) is 5.69 Å². The number of nitrogens with two attached hydrogens (primary N) is 1.